The van der Waals surface area contributed by atoms with Crippen molar-refractivity contribution in [1.29, 1.82) is 0 Å². The van der Waals surface area contributed by atoms with Crippen molar-refractivity contribution >= 4 is 11.9 Å². The first-order chi connectivity index (χ1) is 9.11. The Morgan fingerprint density at radius 3 is 2.79 bits per heavy atom. The Morgan fingerprint density at radius 1 is 1.47 bits per heavy atom. The fourth-order valence-electron chi connectivity index (χ4n) is 1.50. The topological polar surface area (TPSA) is 94.3 Å². The van der Waals surface area contributed by atoms with Crippen LogP contribution < -0.4 is 4.74 Å². The van der Waals surface area contributed by atoms with E-state index >= 15 is 0 Å². The molecular formula is C12H11N3O4. The zero-order valence-electron chi connectivity index (χ0n) is 10.1. The highest BCUT2D eigenvalue weighted by molar-refractivity contribution is 5.93. The lowest BCUT2D eigenvalue weighted by Crippen LogP contribution is -2.11. The molecule has 2 rings (SSSR count). The van der Waals surface area contributed by atoms with Crippen LogP contribution in [-0.4, -0.2) is 31.8 Å². The molecule has 7 heteroatoms. The van der Waals surface area contributed by atoms with Crippen molar-refractivity contribution < 1.29 is 19.4 Å². The van der Waals surface area contributed by atoms with Gasteiger partial charge in [-0.05, 0) is 19.1 Å². The molecule has 0 unspecified atom stereocenters. The molecule has 19 heavy (non-hydrogen) atoms. The average Bonchev–Trinajstić information content (AvgIpc) is 2.84. The van der Waals surface area contributed by atoms with Gasteiger partial charge in [0.05, 0.1) is 6.20 Å². The van der Waals surface area contributed by atoms with E-state index in [0.29, 0.717) is 6.54 Å². The highest BCUT2D eigenvalue weighted by Gasteiger charge is 2.19. The number of carbonyl (C=O) groups is 2. The van der Waals surface area contributed by atoms with E-state index in [1.807, 2.05) is 0 Å². The molecule has 0 aliphatic rings. The summed E-state index contributed by atoms with van der Waals surface area (Å²) in [4.78, 5) is 26.6. The molecule has 0 spiro atoms. The summed E-state index contributed by atoms with van der Waals surface area (Å²) in [6, 6.07) is 4.38. The van der Waals surface area contributed by atoms with Crippen LogP contribution in [0.1, 0.15) is 27.9 Å². The molecule has 98 valence electrons. The predicted octanol–water partition coefficient (Wildman–Crippen LogP) is 1.22. The Hall–Kier alpha value is -2.70. The third-order valence-corrected chi connectivity index (χ3v) is 2.35. The van der Waals surface area contributed by atoms with Crippen LogP contribution in [0.2, 0.25) is 0 Å². The molecule has 0 amide bonds. The molecule has 0 saturated carbocycles. The van der Waals surface area contributed by atoms with Gasteiger partial charge in [0, 0.05) is 18.8 Å². The summed E-state index contributed by atoms with van der Waals surface area (Å²) in [5.41, 5.74) is -0.108. The van der Waals surface area contributed by atoms with Gasteiger partial charge in [-0.2, -0.15) is 5.10 Å². The van der Waals surface area contributed by atoms with E-state index < -0.39 is 11.9 Å². The van der Waals surface area contributed by atoms with E-state index in [1.54, 1.807) is 25.3 Å². The van der Waals surface area contributed by atoms with E-state index in [1.165, 1.54) is 16.9 Å². The second-order valence-electron chi connectivity index (χ2n) is 3.61. The Labute approximate surface area is 108 Å². The van der Waals surface area contributed by atoms with Gasteiger partial charge < -0.3 is 9.84 Å². The quantitative estimate of drug-likeness (QED) is 0.831. The van der Waals surface area contributed by atoms with Gasteiger partial charge in [0.15, 0.2) is 5.69 Å². The molecule has 1 N–H and O–H groups in total. The molecule has 0 aliphatic heterocycles. The number of aromatic carboxylic acids is 1. The molecule has 2 aromatic rings. The highest BCUT2D eigenvalue weighted by atomic mass is 16.5. The van der Waals surface area contributed by atoms with Crippen LogP contribution in [-0.2, 0) is 6.54 Å². The zero-order valence-corrected chi connectivity index (χ0v) is 10.1. The number of aromatic nitrogens is 3. The predicted molar refractivity (Wildman–Crippen MR) is 64.1 cm³/mol. The lowest BCUT2D eigenvalue weighted by molar-refractivity contribution is 0.0681. The van der Waals surface area contributed by atoms with E-state index in [0.717, 1.165) is 0 Å². The summed E-state index contributed by atoms with van der Waals surface area (Å²) in [6.07, 6.45) is 2.93. The van der Waals surface area contributed by atoms with Crippen molar-refractivity contribution in [3.63, 3.8) is 0 Å². The van der Waals surface area contributed by atoms with Crippen LogP contribution in [0.15, 0.2) is 30.6 Å². The second kappa shape index (κ2) is 5.30. The number of hydrogen-bond donors (Lipinski definition) is 1. The number of nitrogens with zero attached hydrogens (tertiary/aromatic N) is 3. The summed E-state index contributed by atoms with van der Waals surface area (Å²) in [5.74, 6) is -1.59. The molecular weight excluding hydrogens is 250 g/mol. The standard InChI is InChI=1S/C12H11N3O4/c1-2-15-10(11(16)17)6-9(14-15)12(18)19-8-4-3-5-13-7-8/h3-7H,2H2,1H3,(H,16,17). The van der Waals surface area contributed by atoms with E-state index in [-0.39, 0.29) is 17.1 Å². The summed E-state index contributed by atoms with van der Waals surface area (Å²) in [7, 11) is 0. The number of ether oxygens (including phenoxy) is 1. The number of hydrogen-bond acceptors (Lipinski definition) is 5. The Balaban J connectivity index is 2.22. The van der Waals surface area contributed by atoms with Crippen molar-refractivity contribution in [2.75, 3.05) is 0 Å². The third kappa shape index (κ3) is 2.76. The maximum Gasteiger partial charge on any atom is 0.364 e. The fraction of sp³-hybridized carbons (Fsp3) is 0.167. The first-order valence-corrected chi connectivity index (χ1v) is 5.55. The lowest BCUT2D eigenvalue weighted by atomic mass is 10.3. The summed E-state index contributed by atoms with van der Waals surface area (Å²) in [5, 5.41) is 12.8. The molecule has 0 bridgehead atoms. The molecule has 2 heterocycles. The number of carbonyl (C=O) groups excluding carboxylic acids is 1. The first-order valence-electron chi connectivity index (χ1n) is 5.55. The SMILES string of the molecule is CCn1nc(C(=O)Oc2cccnc2)cc1C(=O)O. The van der Waals surface area contributed by atoms with Crippen LogP contribution in [0, 0.1) is 0 Å². The normalized spacial score (nSPS) is 10.2. The molecule has 0 saturated heterocycles. The molecule has 0 radical (unpaired) electrons. The van der Waals surface area contributed by atoms with E-state index in [4.69, 9.17) is 9.84 Å². The minimum atomic E-state index is -1.14. The third-order valence-electron chi connectivity index (χ3n) is 2.35. The minimum absolute atomic E-state index is 0.0527. The Bertz CT molecular complexity index is 607. The van der Waals surface area contributed by atoms with Gasteiger partial charge in [0.2, 0.25) is 0 Å². The number of pyridine rings is 1. The van der Waals surface area contributed by atoms with Gasteiger partial charge in [-0.25, -0.2) is 9.59 Å². The van der Waals surface area contributed by atoms with Crippen LogP contribution in [0.4, 0.5) is 0 Å². The molecule has 2 aromatic heterocycles. The largest absolute Gasteiger partial charge is 0.477 e. The molecule has 0 aliphatic carbocycles. The zero-order chi connectivity index (χ0) is 13.8. The van der Waals surface area contributed by atoms with Gasteiger partial charge in [0.25, 0.3) is 0 Å². The van der Waals surface area contributed by atoms with Crippen molar-refractivity contribution in [2.45, 2.75) is 13.5 Å². The summed E-state index contributed by atoms with van der Waals surface area (Å²) < 4.78 is 6.25. The Morgan fingerprint density at radius 2 is 2.26 bits per heavy atom. The van der Waals surface area contributed by atoms with Crippen molar-refractivity contribution in [3.8, 4) is 5.75 Å². The number of rotatable bonds is 4. The number of esters is 1. The molecule has 0 aromatic carbocycles. The van der Waals surface area contributed by atoms with Crippen LogP contribution >= 0.6 is 0 Å². The van der Waals surface area contributed by atoms with E-state index in [9.17, 15) is 9.59 Å². The smallest absolute Gasteiger partial charge is 0.364 e. The first kappa shape index (κ1) is 12.7. The lowest BCUT2D eigenvalue weighted by Gasteiger charge is -2.00. The van der Waals surface area contributed by atoms with Crippen molar-refractivity contribution in [3.05, 3.63) is 42.0 Å². The Kier molecular flexibility index (Phi) is 3.56. The minimum Gasteiger partial charge on any atom is -0.477 e. The number of aryl methyl sites for hydroxylation is 1. The molecule has 7 nitrogen and oxygen atoms in total. The summed E-state index contributed by atoms with van der Waals surface area (Å²) in [6.45, 7) is 2.08. The average molecular weight is 261 g/mol. The maximum absolute atomic E-state index is 11.8. The van der Waals surface area contributed by atoms with Crippen molar-refractivity contribution in [1.82, 2.24) is 14.8 Å². The van der Waals surface area contributed by atoms with Gasteiger partial charge in [-0.15, -0.1) is 0 Å². The van der Waals surface area contributed by atoms with Gasteiger partial charge >= 0.3 is 11.9 Å². The van der Waals surface area contributed by atoms with E-state index in [2.05, 4.69) is 10.1 Å². The molecule has 0 atom stereocenters. The molecule has 0 fully saturated rings. The van der Waals surface area contributed by atoms with Gasteiger partial charge in [-0.1, -0.05) is 0 Å². The summed E-state index contributed by atoms with van der Waals surface area (Å²) >= 11 is 0. The van der Waals surface area contributed by atoms with Crippen LogP contribution in [0.3, 0.4) is 0 Å². The number of carboxylic acids is 1. The van der Waals surface area contributed by atoms with Gasteiger partial charge in [-0.3, -0.25) is 9.67 Å². The van der Waals surface area contributed by atoms with Crippen LogP contribution in [0.25, 0.3) is 0 Å². The fourth-order valence-corrected chi connectivity index (χ4v) is 1.50. The highest BCUT2D eigenvalue weighted by Crippen LogP contribution is 2.11. The number of carboxylic acid groups (broad SMARTS) is 1. The maximum atomic E-state index is 11.8. The van der Waals surface area contributed by atoms with Crippen LogP contribution in [0.5, 0.6) is 5.75 Å². The van der Waals surface area contributed by atoms with Gasteiger partial charge in [0.1, 0.15) is 11.4 Å². The monoisotopic (exact) mass is 261 g/mol. The second-order valence-corrected chi connectivity index (χ2v) is 3.61. The van der Waals surface area contributed by atoms with Crippen molar-refractivity contribution in [2.24, 2.45) is 0 Å².